The molecule has 0 bridgehead atoms. The van der Waals surface area contributed by atoms with E-state index in [1.54, 1.807) is 25.3 Å². The Morgan fingerprint density at radius 1 is 0.882 bits per heavy atom. The van der Waals surface area contributed by atoms with Crippen molar-refractivity contribution in [3.63, 3.8) is 0 Å². The maximum atomic E-state index is 11.0. The number of aromatic hydroxyl groups is 2. The van der Waals surface area contributed by atoms with Gasteiger partial charge in [0.2, 0.25) is 0 Å². The number of ether oxygens (including phenoxy) is 1. The van der Waals surface area contributed by atoms with E-state index in [1.165, 1.54) is 16.7 Å². The predicted octanol–water partition coefficient (Wildman–Crippen LogP) is 8.26. The van der Waals surface area contributed by atoms with E-state index in [0.29, 0.717) is 29.9 Å². The highest BCUT2D eigenvalue weighted by molar-refractivity contribution is 5.86. The zero-order valence-electron chi connectivity index (χ0n) is 21.2. The number of allylic oxidation sites excluding steroid dienone is 6. The predicted molar refractivity (Wildman–Crippen MR) is 141 cm³/mol. The fourth-order valence-corrected chi connectivity index (χ4v) is 4.04. The third-order valence-corrected chi connectivity index (χ3v) is 5.91. The molecule has 2 aromatic carbocycles. The maximum Gasteiger partial charge on any atom is 0.138 e. The van der Waals surface area contributed by atoms with Crippen LogP contribution in [0.4, 0.5) is 0 Å². The molecule has 3 aromatic rings. The number of rotatable bonds is 9. The Bertz CT molecular complexity index is 1250. The van der Waals surface area contributed by atoms with Crippen molar-refractivity contribution < 1.29 is 19.4 Å². The van der Waals surface area contributed by atoms with Crippen LogP contribution in [0.5, 0.6) is 17.2 Å². The van der Waals surface area contributed by atoms with E-state index >= 15 is 0 Å². The highest BCUT2D eigenvalue weighted by atomic mass is 16.5. The molecule has 0 saturated carbocycles. The fourth-order valence-electron chi connectivity index (χ4n) is 4.04. The topological polar surface area (TPSA) is 62.8 Å². The van der Waals surface area contributed by atoms with Gasteiger partial charge in [0.15, 0.2) is 0 Å². The molecular weight excluding hydrogens is 424 g/mol. The van der Waals surface area contributed by atoms with Gasteiger partial charge in [0.05, 0.1) is 7.11 Å². The number of phenols is 2. The Hall–Kier alpha value is -3.40. The molecule has 0 atom stereocenters. The fraction of sp³-hybridized carbons (Fsp3) is 0.333. The second kappa shape index (κ2) is 11.1. The van der Waals surface area contributed by atoms with Gasteiger partial charge in [-0.1, -0.05) is 34.9 Å². The molecular formula is C30H36O4. The Morgan fingerprint density at radius 2 is 1.59 bits per heavy atom. The highest BCUT2D eigenvalue weighted by Crippen LogP contribution is 2.43. The first-order chi connectivity index (χ1) is 16.2. The summed E-state index contributed by atoms with van der Waals surface area (Å²) in [5.74, 6) is 1.62. The van der Waals surface area contributed by atoms with Crippen LogP contribution in [0.2, 0.25) is 0 Å². The Balaban J connectivity index is 2.16. The van der Waals surface area contributed by atoms with Gasteiger partial charge in [-0.3, -0.25) is 0 Å². The van der Waals surface area contributed by atoms with Gasteiger partial charge >= 0.3 is 0 Å². The van der Waals surface area contributed by atoms with E-state index in [-0.39, 0.29) is 11.5 Å². The van der Waals surface area contributed by atoms with Crippen molar-refractivity contribution in [3.05, 3.63) is 76.4 Å². The first kappa shape index (κ1) is 25.2. The van der Waals surface area contributed by atoms with Gasteiger partial charge in [-0.25, -0.2) is 0 Å². The molecule has 0 spiro atoms. The monoisotopic (exact) mass is 460 g/mol. The lowest BCUT2D eigenvalue weighted by atomic mass is 9.91. The van der Waals surface area contributed by atoms with E-state index in [9.17, 15) is 10.2 Å². The SMILES string of the molecule is COc1cc(O)c(C/C=C(\C)CCC=C(C)C)c(-c2cc3ccc(O)cc3o2)c1CC=C(C)C. The van der Waals surface area contributed by atoms with Crippen LogP contribution in [0.1, 0.15) is 58.6 Å². The first-order valence-corrected chi connectivity index (χ1v) is 11.8. The van der Waals surface area contributed by atoms with E-state index in [1.807, 2.05) is 12.1 Å². The molecule has 2 N–H and O–H groups in total. The quantitative estimate of drug-likeness (QED) is 0.315. The van der Waals surface area contributed by atoms with Crippen LogP contribution in [0.25, 0.3) is 22.3 Å². The number of hydrogen-bond donors (Lipinski definition) is 2. The summed E-state index contributed by atoms with van der Waals surface area (Å²) in [6, 6.07) is 8.76. The minimum atomic E-state index is 0.154. The van der Waals surface area contributed by atoms with Crippen molar-refractivity contribution in [2.45, 2.75) is 60.3 Å². The summed E-state index contributed by atoms with van der Waals surface area (Å²) in [5.41, 5.74) is 7.02. The molecule has 0 aliphatic heterocycles. The first-order valence-electron chi connectivity index (χ1n) is 11.8. The zero-order chi connectivity index (χ0) is 24.8. The molecule has 180 valence electrons. The molecule has 0 aliphatic rings. The van der Waals surface area contributed by atoms with E-state index in [2.05, 4.69) is 52.8 Å². The molecule has 0 radical (unpaired) electrons. The molecule has 0 unspecified atom stereocenters. The lowest BCUT2D eigenvalue weighted by molar-refractivity contribution is 0.402. The Morgan fingerprint density at radius 3 is 2.26 bits per heavy atom. The third-order valence-electron chi connectivity index (χ3n) is 5.91. The summed E-state index contributed by atoms with van der Waals surface area (Å²) < 4.78 is 11.9. The number of phenolic OH excluding ortho intramolecular Hbond substituents is 2. The van der Waals surface area contributed by atoms with Gasteiger partial charge in [0.1, 0.15) is 28.6 Å². The molecule has 0 amide bonds. The summed E-state index contributed by atoms with van der Waals surface area (Å²) in [6.07, 6.45) is 9.79. The summed E-state index contributed by atoms with van der Waals surface area (Å²) in [7, 11) is 1.62. The van der Waals surface area contributed by atoms with Crippen molar-refractivity contribution >= 4 is 11.0 Å². The van der Waals surface area contributed by atoms with E-state index in [0.717, 1.165) is 34.9 Å². The van der Waals surface area contributed by atoms with Crippen LogP contribution in [-0.4, -0.2) is 17.3 Å². The van der Waals surface area contributed by atoms with Crippen LogP contribution in [0.3, 0.4) is 0 Å². The normalized spacial score (nSPS) is 11.5. The molecule has 1 heterocycles. The van der Waals surface area contributed by atoms with E-state index in [4.69, 9.17) is 9.15 Å². The summed E-state index contributed by atoms with van der Waals surface area (Å²) in [6.45, 7) is 10.5. The van der Waals surface area contributed by atoms with Gasteiger partial charge in [-0.05, 0) is 78.5 Å². The molecule has 3 rings (SSSR count). The second-order valence-electron chi connectivity index (χ2n) is 9.32. The van der Waals surface area contributed by atoms with Crippen molar-refractivity contribution in [2.75, 3.05) is 7.11 Å². The van der Waals surface area contributed by atoms with Crippen LogP contribution >= 0.6 is 0 Å². The van der Waals surface area contributed by atoms with Crippen LogP contribution < -0.4 is 4.74 Å². The molecule has 0 saturated heterocycles. The van der Waals surface area contributed by atoms with E-state index < -0.39 is 0 Å². The molecule has 4 nitrogen and oxygen atoms in total. The van der Waals surface area contributed by atoms with Crippen LogP contribution in [0.15, 0.2) is 69.7 Å². The average molecular weight is 461 g/mol. The number of methoxy groups -OCH3 is 1. The van der Waals surface area contributed by atoms with Gasteiger partial charge < -0.3 is 19.4 Å². The summed E-state index contributed by atoms with van der Waals surface area (Å²) >= 11 is 0. The largest absolute Gasteiger partial charge is 0.508 e. The lowest BCUT2D eigenvalue weighted by Gasteiger charge is -2.17. The maximum absolute atomic E-state index is 11.0. The number of hydrogen-bond acceptors (Lipinski definition) is 4. The van der Waals surface area contributed by atoms with Gasteiger partial charge in [0.25, 0.3) is 0 Å². The molecule has 0 fully saturated rings. The highest BCUT2D eigenvalue weighted by Gasteiger charge is 2.22. The molecule has 1 aromatic heterocycles. The molecule has 0 aliphatic carbocycles. The standard InChI is InChI=1S/C30H36O4/c1-19(2)8-7-9-21(5)11-15-24-26(32)18-28(33-6)25(14-10-20(3)4)30(24)29-16-22-12-13-23(31)17-27(22)34-29/h8,10-13,16-18,31-32H,7,9,14-15H2,1-6H3/b21-11+. The van der Waals surface area contributed by atoms with Crippen LogP contribution in [0, 0.1) is 0 Å². The number of fused-ring (bicyclic) bond motifs is 1. The lowest BCUT2D eigenvalue weighted by Crippen LogP contribution is -2.00. The third kappa shape index (κ3) is 6.13. The summed E-state index contributed by atoms with van der Waals surface area (Å²) in [5, 5.41) is 21.8. The van der Waals surface area contributed by atoms with Gasteiger partial charge in [0, 0.05) is 34.2 Å². The van der Waals surface area contributed by atoms with Gasteiger partial charge in [-0.2, -0.15) is 0 Å². The second-order valence-corrected chi connectivity index (χ2v) is 9.32. The zero-order valence-corrected chi connectivity index (χ0v) is 21.2. The average Bonchev–Trinajstić information content (AvgIpc) is 3.18. The van der Waals surface area contributed by atoms with Crippen molar-refractivity contribution in [3.8, 4) is 28.6 Å². The van der Waals surface area contributed by atoms with Gasteiger partial charge in [-0.15, -0.1) is 0 Å². The van der Waals surface area contributed by atoms with Crippen molar-refractivity contribution in [1.82, 2.24) is 0 Å². The minimum Gasteiger partial charge on any atom is -0.508 e. The summed E-state index contributed by atoms with van der Waals surface area (Å²) in [4.78, 5) is 0. The van der Waals surface area contributed by atoms with Crippen molar-refractivity contribution in [1.29, 1.82) is 0 Å². The Kier molecular flexibility index (Phi) is 8.27. The smallest absolute Gasteiger partial charge is 0.138 e. The van der Waals surface area contributed by atoms with Crippen LogP contribution in [-0.2, 0) is 12.8 Å². The number of benzene rings is 2. The number of furan rings is 1. The van der Waals surface area contributed by atoms with Crippen molar-refractivity contribution in [2.24, 2.45) is 0 Å². The minimum absolute atomic E-state index is 0.154. The molecule has 4 heteroatoms. The molecule has 34 heavy (non-hydrogen) atoms. The Labute approximate surface area is 202 Å².